The van der Waals surface area contributed by atoms with Crippen molar-refractivity contribution in [3.8, 4) is 33.6 Å². The summed E-state index contributed by atoms with van der Waals surface area (Å²) in [6.45, 7) is 9.56. The Morgan fingerprint density at radius 2 is 1.41 bits per heavy atom. The first-order valence-electron chi connectivity index (χ1n) is 15.3. The quantitative estimate of drug-likeness (QED) is 0.192. The summed E-state index contributed by atoms with van der Waals surface area (Å²) < 4.78 is 5.18. The summed E-state index contributed by atoms with van der Waals surface area (Å²) in [6, 6.07) is 38.6. The van der Waals surface area contributed by atoms with Crippen LogP contribution < -0.4 is 9.13 Å². The summed E-state index contributed by atoms with van der Waals surface area (Å²) in [4.78, 5) is 0. The number of hydrogen-bond donors (Lipinski definition) is 0. The van der Waals surface area contributed by atoms with Gasteiger partial charge in [0.25, 0.3) is 0 Å². The molecule has 0 radical (unpaired) electrons. The highest BCUT2D eigenvalue weighted by atomic mass is 15.1. The SMILES string of the molecule is CCC1(CCC2c3ccccc3-c3cc(C)c(-c4ccccc4)c[n+]32)c2ccccc2-c2cccc[n+]2C1(C)CC. The van der Waals surface area contributed by atoms with Gasteiger partial charge in [-0.2, -0.15) is 9.13 Å². The molecule has 4 heterocycles. The van der Waals surface area contributed by atoms with Crippen molar-refractivity contribution >= 4 is 0 Å². The van der Waals surface area contributed by atoms with E-state index in [1.807, 2.05) is 0 Å². The van der Waals surface area contributed by atoms with E-state index < -0.39 is 0 Å². The number of aromatic nitrogens is 2. The first kappa shape index (κ1) is 25.9. The monoisotopic (exact) mass is 536 g/mol. The second-order valence-corrected chi connectivity index (χ2v) is 12.2. The molecule has 0 spiro atoms. The van der Waals surface area contributed by atoms with E-state index >= 15 is 0 Å². The molecule has 41 heavy (non-hydrogen) atoms. The third-order valence-electron chi connectivity index (χ3n) is 10.6. The van der Waals surface area contributed by atoms with Crippen molar-refractivity contribution in [1.82, 2.24) is 0 Å². The summed E-state index contributed by atoms with van der Waals surface area (Å²) >= 11 is 0. The van der Waals surface area contributed by atoms with Crippen LogP contribution >= 0.6 is 0 Å². The van der Waals surface area contributed by atoms with Gasteiger partial charge in [0.2, 0.25) is 11.4 Å². The van der Waals surface area contributed by atoms with Crippen molar-refractivity contribution in [2.24, 2.45) is 0 Å². The van der Waals surface area contributed by atoms with Crippen LogP contribution in [0, 0.1) is 6.92 Å². The molecule has 204 valence electrons. The van der Waals surface area contributed by atoms with Crippen LogP contribution in [0.1, 0.15) is 69.2 Å². The molecule has 3 atom stereocenters. The molecule has 2 aromatic heterocycles. The van der Waals surface area contributed by atoms with Crippen LogP contribution in [0.15, 0.2) is 116 Å². The average molecular weight is 537 g/mol. The molecule has 2 aliphatic heterocycles. The standard InChI is InChI=1S/C39H40N2/c1-5-38(4)39(6-2,34-21-13-12-20-32(34)36-22-14-15-25-41(36)38)24-23-35-30-18-10-11-19-31(30)37-26-28(3)33(27-40(35)37)29-16-8-7-9-17-29/h7-22,25-27,35H,5-6,23-24H2,1-4H3/q+2. The molecule has 0 amide bonds. The Morgan fingerprint density at radius 1 is 0.707 bits per heavy atom. The number of aryl methyl sites for hydroxylation is 1. The molecule has 3 unspecified atom stereocenters. The van der Waals surface area contributed by atoms with E-state index in [-0.39, 0.29) is 11.0 Å². The van der Waals surface area contributed by atoms with Crippen molar-refractivity contribution in [3.63, 3.8) is 0 Å². The third kappa shape index (κ3) is 3.69. The molecule has 5 aromatic rings. The zero-order valence-electron chi connectivity index (χ0n) is 24.8. The van der Waals surface area contributed by atoms with Gasteiger partial charge < -0.3 is 0 Å². The van der Waals surface area contributed by atoms with Crippen LogP contribution in [0.2, 0.25) is 0 Å². The van der Waals surface area contributed by atoms with Crippen LogP contribution in [-0.2, 0) is 11.0 Å². The Morgan fingerprint density at radius 3 is 2.20 bits per heavy atom. The molecule has 0 saturated heterocycles. The van der Waals surface area contributed by atoms with Gasteiger partial charge in [-0.1, -0.05) is 80.6 Å². The van der Waals surface area contributed by atoms with Crippen molar-refractivity contribution < 1.29 is 9.13 Å². The lowest BCUT2D eigenvalue weighted by molar-refractivity contribution is -0.766. The predicted octanol–water partition coefficient (Wildman–Crippen LogP) is 8.74. The first-order valence-corrected chi connectivity index (χ1v) is 15.3. The van der Waals surface area contributed by atoms with Crippen LogP contribution in [0.3, 0.4) is 0 Å². The van der Waals surface area contributed by atoms with Gasteiger partial charge in [0.05, 0.1) is 16.5 Å². The minimum atomic E-state index is -0.0270. The van der Waals surface area contributed by atoms with Gasteiger partial charge in [0, 0.05) is 49.1 Å². The fourth-order valence-corrected chi connectivity index (χ4v) is 8.31. The van der Waals surface area contributed by atoms with Gasteiger partial charge in [0.1, 0.15) is 0 Å². The maximum absolute atomic E-state index is 2.60. The van der Waals surface area contributed by atoms with Crippen molar-refractivity contribution in [2.75, 3.05) is 0 Å². The lowest BCUT2D eigenvalue weighted by atomic mass is 9.57. The van der Waals surface area contributed by atoms with Crippen molar-refractivity contribution in [3.05, 3.63) is 132 Å². The molecule has 2 heteroatoms. The summed E-state index contributed by atoms with van der Waals surface area (Å²) in [6.07, 6.45) is 9.15. The summed E-state index contributed by atoms with van der Waals surface area (Å²) in [7, 11) is 0. The Bertz CT molecular complexity index is 1750. The highest BCUT2D eigenvalue weighted by Gasteiger charge is 2.59. The first-order chi connectivity index (χ1) is 20.0. The fourth-order valence-electron chi connectivity index (χ4n) is 8.31. The van der Waals surface area contributed by atoms with Crippen LogP contribution in [-0.4, -0.2) is 0 Å². The van der Waals surface area contributed by atoms with Gasteiger partial charge in [-0.25, -0.2) is 0 Å². The maximum Gasteiger partial charge on any atom is 0.213 e. The van der Waals surface area contributed by atoms with Crippen LogP contribution in [0.25, 0.3) is 33.6 Å². The molecule has 0 N–H and O–H groups in total. The molecular weight excluding hydrogens is 496 g/mol. The van der Waals surface area contributed by atoms with Gasteiger partial charge in [0.15, 0.2) is 24.0 Å². The van der Waals surface area contributed by atoms with Crippen LogP contribution in [0.5, 0.6) is 0 Å². The fraction of sp³-hybridized carbons (Fsp3) is 0.282. The summed E-state index contributed by atoms with van der Waals surface area (Å²) in [5.74, 6) is 0. The minimum Gasteiger partial charge on any atom is -0.192 e. The second kappa shape index (κ2) is 9.80. The lowest BCUT2D eigenvalue weighted by Gasteiger charge is -2.48. The van der Waals surface area contributed by atoms with E-state index in [2.05, 4.69) is 152 Å². The molecule has 0 aliphatic carbocycles. The van der Waals surface area contributed by atoms with Crippen molar-refractivity contribution in [2.45, 2.75) is 70.4 Å². The molecule has 3 aromatic carbocycles. The molecule has 0 bridgehead atoms. The number of benzene rings is 3. The second-order valence-electron chi connectivity index (χ2n) is 12.2. The number of pyridine rings is 2. The van der Waals surface area contributed by atoms with Gasteiger partial charge in [-0.05, 0) is 54.7 Å². The molecular formula is C39H40N2+2. The Kier molecular flexibility index (Phi) is 6.19. The molecule has 7 rings (SSSR count). The topological polar surface area (TPSA) is 7.76 Å². The predicted molar refractivity (Wildman–Crippen MR) is 168 cm³/mol. The number of hydrogen-bond acceptors (Lipinski definition) is 0. The van der Waals surface area contributed by atoms with Crippen molar-refractivity contribution in [1.29, 1.82) is 0 Å². The van der Waals surface area contributed by atoms with Gasteiger partial charge >= 0.3 is 0 Å². The minimum absolute atomic E-state index is 0.0164. The van der Waals surface area contributed by atoms with E-state index in [1.165, 1.54) is 50.3 Å². The van der Waals surface area contributed by atoms with E-state index in [0.717, 1.165) is 25.7 Å². The largest absolute Gasteiger partial charge is 0.213 e. The average Bonchev–Trinajstić information content (AvgIpc) is 3.33. The number of rotatable bonds is 6. The number of fused-ring (bicyclic) bond motifs is 6. The zero-order chi connectivity index (χ0) is 28.2. The molecule has 0 saturated carbocycles. The van der Waals surface area contributed by atoms with Gasteiger partial charge in [-0.3, -0.25) is 0 Å². The van der Waals surface area contributed by atoms with E-state index in [1.54, 1.807) is 0 Å². The maximum atomic E-state index is 2.60. The van der Waals surface area contributed by atoms with E-state index in [9.17, 15) is 0 Å². The molecule has 2 nitrogen and oxygen atoms in total. The summed E-state index contributed by atoms with van der Waals surface area (Å²) in [5, 5.41) is 0. The van der Waals surface area contributed by atoms with E-state index in [4.69, 9.17) is 0 Å². The number of nitrogens with zero attached hydrogens (tertiary/aromatic N) is 2. The third-order valence-corrected chi connectivity index (χ3v) is 10.6. The highest BCUT2D eigenvalue weighted by Crippen LogP contribution is 2.53. The summed E-state index contributed by atoms with van der Waals surface area (Å²) in [5.41, 5.74) is 12.4. The lowest BCUT2D eigenvalue weighted by Crippen LogP contribution is -2.68. The highest BCUT2D eigenvalue weighted by molar-refractivity contribution is 5.71. The molecule has 2 aliphatic rings. The van der Waals surface area contributed by atoms with E-state index in [0.29, 0.717) is 6.04 Å². The Balaban J connectivity index is 1.36. The Labute approximate surface area is 245 Å². The normalized spacial score (nSPS) is 22.0. The van der Waals surface area contributed by atoms with Crippen LogP contribution in [0.4, 0.5) is 0 Å². The zero-order valence-corrected chi connectivity index (χ0v) is 24.8. The molecule has 0 fully saturated rings. The smallest absolute Gasteiger partial charge is 0.192 e. The van der Waals surface area contributed by atoms with Gasteiger partial charge in [-0.15, -0.1) is 0 Å². The Hall–Kier alpha value is -4.04.